The fourth-order valence-corrected chi connectivity index (χ4v) is 3.83. The molecule has 0 amide bonds. The molecule has 0 saturated heterocycles. The first-order valence-corrected chi connectivity index (χ1v) is 11.0. The molecule has 0 aliphatic carbocycles. The van der Waals surface area contributed by atoms with Crippen molar-refractivity contribution in [1.82, 2.24) is 0 Å². The van der Waals surface area contributed by atoms with E-state index >= 15 is 0 Å². The van der Waals surface area contributed by atoms with Crippen molar-refractivity contribution in [2.45, 2.75) is 124 Å². The van der Waals surface area contributed by atoms with Crippen LogP contribution in [0.5, 0.6) is 0 Å². The first-order chi connectivity index (χ1) is 11.7. The zero-order chi connectivity index (χ0) is 18.1. The van der Waals surface area contributed by atoms with E-state index in [1.54, 1.807) is 0 Å². The van der Waals surface area contributed by atoms with Gasteiger partial charge in [0.05, 0.1) is 0 Å². The van der Waals surface area contributed by atoms with Gasteiger partial charge in [0, 0.05) is 19.1 Å². The molecular formula is C22H46O2. The quantitative estimate of drug-likeness (QED) is 0.189. The summed E-state index contributed by atoms with van der Waals surface area (Å²) in [5.41, 5.74) is 0. The van der Waals surface area contributed by atoms with Crippen LogP contribution in [-0.2, 0) is 9.47 Å². The highest BCUT2D eigenvalue weighted by Gasteiger charge is 2.38. The first-order valence-electron chi connectivity index (χ1n) is 11.0. The minimum absolute atomic E-state index is 0.348. The van der Waals surface area contributed by atoms with Gasteiger partial charge >= 0.3 is 0 Å². The van der Waals surface area contributed by atoms with E-state index in [9.17, 15) is 0 Å². The summed E-state index contributed by atoms with van der Waals surface area (Å²) >= 11 is 0. The Labute approximate surface area is 153 Å². The predicted molar refractivity (Wildman–Crippen MR) is 107 cm³/mol. The molecule has 2 heteroatoms. The summed E-state index contributed by atoms with van der Waals surface area (Å²) in [6.45, 7) is 12.5. The Balaban J connectivity index is 4.60. The molecule has 146 valence electrons. The molecular weight excluding hydrogens is 296 g/mol. The lowest BCUT2D eigenvalue weighted by molar-refractivity contribution is -0.268. The standard InChI is InChI=1S/C22H46O2/c1-6-11-13-15-16-18-20-21(19-17-14-12-7-2)22(8-3,23-9-4)24-10-5/h21H,6-20H2,1-5H3. The molecule has 0 rings (SSSR count). The van der Waals surface area contributed by atoms with Crippen molar-refractivity contribution in [3.8, 4) is 0 Å². The van der Waals surface area contributed by atoms with Crippen molar-refractivity contribution in [2.75, 3.05) is 13.2 Å². The van der Waals surface area contributed by atoms with Gasteiger partial charge in [-0.25, -0.2) is 0 Å². The summed E-state index contributed by atoms with van der Waals surface area (Å²) in [5, 5.41) is 0. The van der Waals surface area contributed by atoms with E-state index in [0.29, 0.717) is 5.92 Å². The van der Waals surface area contributed by atoms with Crippen molar-refractivity contribution in [2.24, 2.45) is 5.92 Å². The van der Waals surface area contributed by atoms with Gasteiger partial charge in [-0.15, -0.1) is 0 Å². The minimum Gasteiger partial charge on any atom is -0.350 e. The second-order valence-corrected chi connectivity index (χ2v) is 7.13. The van der Waals surface area contributed by atoms with Gasteiger partial charge in [-0.05, 0) is 33.1 Å². The average Bonchev–Trinajstić information content (AvgIpc) is 2.59. The Morgan fingerprint density at radius 2 is 1.00 bits per heavy atom. The van der Waals surface area contributed by atoms with Gasteiger partial charge in [0.15, 0.2) is 5.79 Å². The molecule has 1 unspecified atom stereocenters. The number of unbranched alkanes of at least 4 members (excludes halogenated alkanes) is 8. The average molecular weight is 343 g/mol. The van der Waals surface area contributed by atoms with Crippen LogP contribution < -0.4 is 0 Å². The van der Waals surface area contributed by atoms with E-state index in [1.807, 2.05) is 0 Å². The number of rotatable bonds is 18. The molecule has 0 saturated carbocycles. The third-order valence-electron chi connectivity index (χ3n) is 5.20. The lowest BCUT2D eigenvalue weighted by atomic mass is 9.85. The van der Waals surface area contributed by atoms with E-state index in [1.165, 1.54) is 77.0 Å². The van der Waals surface area contributed by atoms with Gasteiger partial charge in [-0.3, -0.25) is 0 Å². The molecule has 0 heterocycles. The molecule has 0 N–H and O–H groups in total. The van der Waals surface area contributed by atoms with Crippen molar-refractivity contribution in [1.29, 1.82) is 0 Å². The van der Waals surface area contributed by atoms with Crippen LogP contribution in [0.4, 0.5) is 0 Å². The summed E-state index contributed by atoms with van der Waals surface area (Å²) in [5.74, 6) is 0.199. The normalized spacial score (nSPS) is 13.4. The molecule has 0 aromatic heterocycles. The Kier molecular flexibility index (Phi) is 16.3. The van der Waals surface area contributed by atoms with Crippen LogP contribution in [0.2, 0.25) is 0 Å². The van der Waals surface area contributed by atoms with Gasteiger partial charge in [0.1, 0.15) is 0 Å². The third kappa shape index (κ3) is 10.0. The highest BCUT2D eigenvalue weighted by Crippen LogP contribution is 2.35. The largest absolute Gasteiger partial charge is 0.350 e. The van der Waals surface area contributed by atoms with Gasteiger partial charge in [0.2, 0.25) is 0 Å². The SMILES string of the molecule is CCCCCCCCC(CCCCCC)C(CC)(OCC)OCC. The van der Waals surface area contributed by atoms with E-state index in [-0.39, 0.29) is 5.79 Å². The van der Waals surface area contributed by atoms with Crippen LogP contribution in [0.1, 0.15) is 118 Å². The fourth-order valence-electron chi connectivity index (χ4n) is 3.83. The van der Waals surface area contributed by atoms with E-state index in [4.69, 9.17) is 9.47 Å². The summed E-state index contributed by atoms with van der Waals surface area (Å²) in [6.07, 6.45) is 17.0. The number of ether oxygens (including phenoxy) is 2. The van der Waals surface area contributed by atoms with Crippen molar-refractivity contribution >= 4 is 0 Å². The van der Waals surface area contributed by atoms with Crippen LogP contribution in [0.15, 0.2) is 0 Å². The van der Waals surface area contributed by atoms with Gasteiger partial charge in [0.25, 0.3) is 0 Å². The zero-order valence-corrected chi connectivity index (χ0v) is 17.5. The second-order valence-electron chi connectivity index (χ2n) is 7.13. The van der Waals surface area contributed by atoms with Crippen LogP contribution in [-0.4, -0.2) is 19.0 Å². The maximum absolute atomic E-state index is 6.21. The number of hydrogen-bond donors (Lipinski definition) is 0. The van der Waals surface area contributed by atoms with Crippen LogP contribution in [0, 0.1) is 5.92 Å². The highest BCUT2D eigenvalue weighted by molar-refractivity contribution is 4.79. The molecule has 0 aromatic carbocycles. The highest BCUT2D eigenvalue weighted by atomic mass is 16.7. The Bertz CT molecular complexity index is 246. The van der Waals surface area contributed by atoms with Crippen molar-refractivity contribution in [3.05, 3.63) is 0 Å². The Morgan fingerprint density at radius 1 is 0.583 bits per heavy atom. The lowest BCUT2D eigenvalue weighted by Crippen LogP contribution is -2.43. The van der Waals surface area contributed by atoms with Crippen LogP contribution in [0.3, 0.4) is 0 Å². The molecule has 24 heavy (non-hydrogen) atoms. The smallest absolute Gasteiger partial charge is 0.170 e. The van der Waals surface area contributed by atoms with Gasteiger partial charge in [-0.2, -0.15) is 0 Å². The minimum atomic E-state index is -0.348. The summed E-state index contributed by atoms with van der Waals surface area (Å²) in [7, 11) is 0. The van der Waals surface area contributed by atoms with Gasteiger partial charge in [-0.1, -0.05) is 85.0 Å². The Hall–Kier alpha value is -0.0800. The first kappa shape index (κ1) is 23.9. The van der Waals surface area contributed by atoms with E-state index < -0.39 is 0 Å². The van der Waals surface area contributed by atoms with Gasteiger partial charge < -0.3 is 9.47 Å². The zero-order valence-electron chi connectivity index (χ0n) is 17.5. The Morgan fingerprint density at radius 3 is 1.42 bits per heavy atom. The molecule has 0 bridgehead atoms. The molecule has 1 atom stereocenters. The molecule has 0 radical (unpaired) electrons. The monoisotopic (exact) mass is 342 g/mol. The molecule has 0 fully saturated rings. The predicted octanol–water partition coefficient (Wildman–Crippen LogP) is 7.50. The second kappa shape index (κ2) is 16.4. The molecule has 0 aromatic rings. The van der Waals surface area contributed by atoms with E-state index in [0.717, 1.165) is 19.6 Å². The molecule has 0 aliphatic heterocycles. The number of hydrogen-bond acceptors (Lipinski definition) is 2. The van der Waals surface area contributed by atoms with E-state index in [2.05, 4.69) is 34.6 Å². The third-order valence-corrected chi connectivity index (χ3v) is 5.20. The fraction of sp³-hybridized carbons (Fsp3) is 1.00. The van der Waals surface area contributed by atoms with Crippen molar-refractivity contribution < 1.29 is 9.47 Å². The molecule has 0 spiro atoms. The maximum Gasteiger partial charge on any atom is 0.170 e. The summed E-state index contributed by atoms with van der Waals surface area (Å²) in [6, 6.07) is 0. The van der Waals surface area contributed by atoms with Crippen LogP contribution in [0.25, 0.3) is 0 Å². The summed E-state index contributed by atoms with van der Waals surface area (Å²) in [4.78, 5) is 0. The topological polar surface area (TPSA) is 18.5 Å². The lowest BCUT2D eigenvalue weighted by Gasteiger charge is -2.40. The summed E-state index contributed by atoms with van der Waals surface area (Å²) < 4.78 is 12.4. The molecule has 2 nitrogen and oxygen atoms in total. The van der Waals surface area contributed by atoms with Crippen molar-refractivity contribution in [3.63, 3.8) is 0 Å². The molecule has 0 aliphatic rings. The van der Waals surface area contributed by atoms with Crippen LogP contribution >= 0.6 is 0 Å². The maximum atomic E-state index is 6.21.